The molecule has 0 radical (unpaired) electrons. The molecule has 8 unspecified atom stereocenters. The third kappa shape index (κ3) is 2.62. The third-order valence-electron chi connectivity index (χ3n) is 9.25. The van der Waals surface area contributed by atoms with E-state index in [2.05, 4.69) is 13.8 Å². The largest absolute Gasteiger partial charge is 0.481 e. The zero-order valence-corrected chi connectivity index (χ0v) is 16.5. The molecule has 4 fully saturated rings. The summed E-state index contributed by atoms with van der Waals surface area (Å²) in [5.74, 6) is 1.81. The number of fused-ring (bicyclic) bond motifs is 5. The van der Waals surface area contributed by atoms with Gasteiger partial charge in [-0.05, 0) is 92.3 Å². The highest BCUT2D eigenvalue weighted by Crippen LogP contribution is 2.67. The second kappa shape index (κ2) is 6.24. The normalized spacial score (nSPS) is 50.3. The van der Waals surface area contributed by atoms with E-state index in [1.807, 2.05) is 0 Å². The van der Waals surface area contributed by atoms with Gasteiger partial charge in [-0.2, -0.15) is 0 Å². The summed E-state index contributed by atoms with van der Waals surface area (Å²) in [5.41, 5.74) is 0.355. The Morgan fingerprint density at radius 1 is 0.923 bits per heavy atom. The molecule has 8 atom stereocenters. The Morgan fingerprint density at radius 3 is 2.31 bits per heavy atom. The first-order chi connectivity index (χ1) is 12.3. The van der Waals surface area contributed by atoms with Gasteiger partial charge in [0.2, 0.25) is 0 Å². The van der Waals surface area contributed by atoms with Gasteiger partial charge < -0.3 is 9.84 Å². The molecular formula is C22H34O4. The van der Waals surface area contributed by atoms with Crippen LogP contribution in [0.5, 0.6) is 0 Å². The number of aliphatic carboxylic acids is 1. The van der Waals surface area contributed by atoms with Crippen molar-refractivity contribution in [1.29, 1.82) is 0 Å². The summed E-state index contributed by atoms with van der Waals surface area (Å²) in [4.78, 5) is 23.2. The lowest BCUT2D eigenvalue weighted by atomic mass is 9.44. The lowest BCUT2D eigenvalue weighted by Gasteiger charge is -2.60. The van der Waals surface area contributed by atoms with Crippen LogP contribution in [0.1, 0.15) is 78.6 Å². The van der Waals surface area contributed by atoms with Gasteiger partial charge in [-0.3, -0.25) is 9.59 Å². The van der Waals surface area contributed by atoms with Gasteiger partial charge in [0.1, 0.15) is 6.10 Å². The van der Waals surface area contributed by atoms with E-state index in [0.29, 0.717) is 23.2 Å². The summed E-state index contributed by atoms with van der Waals surface area (Å²) in [7, 11) is 0. The minimum atomic E-state index is -0.574. The fraction of sp³-hybridized carbons (Fsp3) is 0.909. The first-order valence-electron chi connectivity index (χ1n) is 10.7. The SMILES string of the molecule is CC(=O)OC1CCC2(C)C(CCC3C2CCC2(C)C(C(=O)O)CCC32)C1. The van der Waals surface area contributed by atoms with Gasteiger partial charge in [-0.25, -0.2) is 0 Å². The molecule has 4 aliphatic carbocycles. The lowest BCUT2D eigenvalue weighted by Crippen LogP contribution is -2.54. The highest BCUT2D eigenvalue weighted by atomic mass is 16.5. The van der Waals surface area contributed by atoms with Crippen molar-refractivity contribution in [3.63, 3.8) is 0 Å². The van der Waals surface area contributed by atoms with Crippen LogP contribution >= 0.6 is 0 Å². The molecule has 0 heterocycles. The maximum atomic E-state index is 11.8. The van der Waals surface area contributed by atoms with E-state index in [1.165, 1.54) is 26.2 Å². The molecule has 4 nitrogen and oxygen atoms in total. The van der Waals surface area contributed by atoms with Crippen LogP contribution in [0.2, 0.25) is 0 Å². The van der Waals surface area contributed by atoms with Crippen LogP contribution in [0.25, 0.3) is 0 Å². The quantitative estimate of drug-likeness (QED) is 0.726. The van der Waals surface area contributed by atoms with Crippen LogP contribution in [-0.4, -0.2) is 23.1 Å². The Bertz CT molecular complexity index is 601. The Morgan fingerprint density at radius 2 is 1.62 bits per heavy atom. The summed E-state index contributed by atoms with van der Waals surface area (Å²) in [5, 5.41) is 9.71. The summed E-state index contributed by atoms with van der Waals surface area (Å²) in [6.45, 7) is 6.28. The molecule has 4 rings (SSSR count). The highest BCUT2D eigenvalue weighted by molar-refractivity contribution is 5.71. The molecule has 0 aliphatic heterocycles. The van der Waals surface area contributed by atoms with Crippen LogP contribution < -0.4 is 0 Å². The maximum Gasteiger partial charge on any atom is 0.307 e. The van der Waals surface area contributed by atoms with Crippen molar-refractivity contribution in [3.8, 4) is 0 Å². The first kappa shape index (κ1) is 18.3. The molecule has 0 saturated heterocycles. The van der Waals surface area contributed by atoms with Crippen molar-refractivity contribution < 1.29 is 19.4 Å². The minimum Gasteiger partial charge on any atom is -0.481 e. The summed E-state index contributed by atoms with van der Waals surface area (Å²) < 4.78 is 5.54. The number of carboxylic acids is 1. The van der Waals surface area contributed by atoms with Gasteiger partial charge in [0.25, 0.3) is 0 Å². The smallest absolute Gasteiger partial charge is 0.307 e. The fourth-order valence-electron chi connectivity index (χ4n) is 7.97. The van der Waals surface area contributed by atoms with Crippen molar-refractivity contribution in [2.24, 2.45) is 40.4 Å². The molecule has 4 saturated carbocycles. The number of hydrogen-bond donors (Lipinski definition) is 1. The molecule has 4 heteroatoms. The molecule has 0 aromatic rings. The van der Waals surface area contributed by atoms with E-state index < -0.39 is 5.97 Å². The van der Waals surface area contributed by atoms with Crippen molar-refractivity contribution >= 4 is 11.9 Å². The molecule has 1 N–H and O–H groups in total. The van der Waals surface area contributed by atoms with Crippen LogP contribution in [0.15, 0.2) is 0 Å². The second-order valence-corrected chi connectivity index (χ2v) is 10.2. The number of carboxylic acid groups (broad SMARTS) is 1. The predicted octanol–water partition coefficient (Wildman–Crippen LogP) is 4.66. The van der Waals surface area contributed by atoms with Gasteiger partial charge in [-0.1, -0.05) is 13.8 Å². The summed E-state index contributed by atoms with van der Waals surface area (Å²) in [6.07, 6.45) is 9.98. The zero-order valence-electron chi connectivity index (χ0n) is 16.5. The van der Waals surface area contributed by atoms with Gasteiger partial charge in [0.15, 0.2) is 0 Å². The topological polar surface area (TPSA) is 63.6 Å². The number of hydrogen-bond acceptors (Lipinski definition) is 3. The van der Waals surface area contributed by atoms with Crippen LogP contribution in [0.3, 0.4) is 0 Å². The van der Waals surface area contributed by atoms with Gasteiger partial charge in [0.05, 0.1) is 5.92 Å². The molecule has 0 bridgehead atoms. The molecule has 0 spiro atoms. The van der Waals surface area contributed by atoms with Crippen molar-refractivity contribution in [2.45, 2.75) is 84.7 Å². The lowest BCUT2D eigenvalue weighted by molar-refractivity contribution is -0.163. The summed E-state index contributed by atoms with van der Waals surface area (Å²) >= 11 is 0. The number of carbonyl (C=O) groups excluding carboxylic acids is 1. The standard InChI is InChI=1S/C22H34O4/c1-13(23)26-15-8-10-21(2)14(12-15)4-5-16-17-6-7-19(20(24)25)22(17,3)11-9-18(16)21/h14-19H,4-12H2,1-3H3,(H,24,25). The highest BCUT2D eigenvalue weighted by Gasteiger charge is 2.61. The van der Waals surface area contributed by atoms with E-state index >= 15 is 0 Å². The Hall–Kier alpha value is -1.06. The monoisotopic (exact) mass is 362 g/mol. The molecule has 26 heavy (non-hydrogen) atoms. The van der Waals surface area contributed by atoms with Gasteiger partial charge in [0, 0.05) is 6.92 Å². The van der Waals surface area contributed by atoms with Gasteiger partial charge >= 0.3 is 11.9 Å². The van der Waals surface area contributed by atoms with E-state index in [-0.39, 0.29) is 23.4 Å². The van der Waals surface area contributed by atoms with E-state index in [9.17, 15) is 14.7 Å². The van der Waals surface area contributed by atoms with Crippen LogP contribution in [0, 0.1) is 40.4 Å². The average Bonchev–Trinajstić information content (AvgIpc) is 2.92. The average molecular weight is 363 g/mol. The first-order valence-corrected chi connectivity index (χ1v) is 10.7. The van der Waals surface area contributed by atoms with Crippen molar-refractivity contribution in [3.05, 3.63) is 0 Å². The molecular weight excluding hydrogens is 328 g/mol. The Labute approximate surface area is 157 Å². The van der Waals surface area contributed by atoms with Crippen LogP contribution in [-0.2, 0) is 14.3 Å². The fourth-order valence-corrected chi connectivity index (χ4v) is 7.97. The third-order valence-corrected chi connectivity index (χ3v) is 9.25. The Balaban J connectivity index is 1.54. The maximum absolute atomic E-state index is 11.8. The second-order valence-electron chi connectivity index (χ2n) is 10.2. The zero-order chi connectivity index (χ0) is 18.7. The predicted molar refractivity (Wildman–Crippen MR) is 98.4 cm³/mol. The number of rotatable bonds is 2. The molecule has 0 aromatic carbocycles. The van der Waals surface area contributed by atoms with Crippen molar-refractivity contribution in [1.82, 2.24) is 0 Å². The van der Waals surface area contributed by atoms with Gasteiger partial charge in [-0.15, -0.1) is 0 Å². The molecule has 146 valence electrons. The Kier molecular flexibility index (Phi) is 4.39. The number of ether oxygens (including phenoxy) is 1. The summed E-state index contributed by atoms with van der Waals surface area (Å²) in [6, 6.07) is 0. The van der Waals surface area contributed by atoms with Crippen LogP contribution in [0.4, 0.5) is 0 Å². The molecule has 4 aliphatic rings. The van der Waals surface area contributed by atoms with Crippen molar-refractivity contribution in [2.75, 3.05) is 0 Å². The van der Waals surface area contributed by atoms with E-state index in [4.69, 9.17) is 4.74 Å². The number of carbonyl (C=O) groups is 2. The number of esters is 1. The molecule has 0 aromatic heterocycles. The minimum absolute atomic E-state index is 0.00510. The van der Waals surface area contributed by atoms with E-state index in [1.54, 1.807) is 0 Å². The molecule has 0 amide bonds. The van der Waals surface area contributed by atoms with E-state index in [0.717, 1.165) is 44.4 Å².